The minimum Gasteiger partial charge on any atom is -0.482 e. The molecule has 0 amide bonds. The van der Waals surface area contributed by atoms with Crippen LogP contribution in [-0.2, 0) is 15.9 Å². The molecule has 282 valence electrons. The average molecular weight is 731 g/mol. The van der Waals surface area contributed by atoms with Gasteiger partial charge in [-0.05, 0) is 98.5 Å². The van der Waals surface area contributed by atoms with E-state index in [1.54, 1.807) is 0 Å². The molecule has 1 N–H and O–H groups in total. The van der Waals surface area contributed by atoms with Crippen LogP contribution in [0, 0.1) is 12.3 Å². The van der Waals surface area contributed by atoms with Gasteiger partial charge in [-0.2, -0.15) is 0 Å². The predicted octanol–water partition coefficient (Wildman–Crippen LogP) is 10.2. The van der Waals surface area contributed by atoms with E-state index in [1.165, 1.54) is 39.4 Å². The summed E-state index contributed by atoms with van der Waals surface area (Å²) in [7, 11) is 0. The number of hydrogen-bond donors (Lipinski definition) is 1. The molecule has 4 aliphatic rings. The summed E-state index contributed by atoms with van der Waals surface area (Å²) in [6, 6.07) is 30.7. The monoisotopic (exact) mass is 730 g/mol. The zero-order chi connectivity index (χ0) is 37.6. The first-order chi connectivity index (χ1) is 27.1. The van der Waals surface area contributed by atoms with Gasteiger partial charge >= 0.3 is 0 Å². The second-order valence-electron chi connectivity index (χ2n) is 15.4. The molecule has 8 rings (SSSR count). The molecule has 4 aromatic rings. The Bertz CT molecular complexity index is 2140. The van der Waals surface area contributed by atoms with Crippen LogP contribution in [0.4, 0.5) is 0 Å². The summed E-state index contributed by atoms with van der Waals surface area (Å²) in [5, 5.41) is 7.48. The van der Waals surface area contributed by atoms with Crippen LogP contribution in [-0.4, -0.2) is 54.0 Å². The van der Waals surface area contributed by atoms with Crippen LogP contribution < -0.4 is 5.43 Å². The number of allylic oxidation sites excluding steroid dienone is 2. The van der Waals surface area contributed by atoms with Gasteiger partial charge in [0.15, 0.2) is 0 Å². The Kier molecular flexibility index (Phi) is 11.5. The number of rotatable bonds is 11. The summed E-state index contributed by atoms with van der Waals surface area (Å²) >= 11 is 0. The lowest BCUT2D eigenvalue weighted by Crippen LogP contribution is -2.45. The van der Waals surface area contributed by atoms with Gasteiger partial charge < -0.3 is 9.47 Å². The molecule has 0 saturated carbocycles. The third-order valence-corrected chi connectivity index (χ3v) is 12.0. The largest absolute Gasteiger partial charge is 0.482 e. The van der Waals surface area contributed by atoms with E-state index in [0.29, 0.717) is 12.4 Å². The lowest BCUT2D eigenvalue weighted by molar-refractivity contribution is 0.0308. The van der Waals surface area contributed by atoms with Crippen molar-refractivity contribution in [1.29, 1.82) is 0 Å². The van der Waals surface area contributed by atoms with E-state index in [1.807, 2.05) is 6.08 Å². The summed E-state index contributed by atoms with van der Waals surface area (Å²) in [5.74, 6) is 4.33. The molecule has 0 spiro atoms. The first kappa shape index (κ1) is 36.9. The molecular weight excluding hydrogens is 677 g/mol. The van der Waals surface area contributed by atoms with E-state index >= 15 is 0 Å². The van der Waals surface area contributed by atoms with Crippen LogP contribution >= 0.6 is 0 Å². The third-order valence-electron chi connectivity index (χ3n) is 12.0. The fourth-order valence-electron chi connectivity index (χ4n) is 9.34. The number of benzene rings is 4. The van der Waals surface area contributed by atoms with Crippen LogP contribution in [0.3, 0.4) is 0 Å². The molecule has 1 aliphatic carbocycles. The number of nitrogens with one attached hydrogen (secondary N) is 1. The Morgan fingerprint density at radius 1 is 0.855 bits per heavy atom. The minimum atomic E-state index is -0.246. The zero-order valence-electron chi connectivity index (χ0n) is 32.3. The maximum atomic E-state index is 7.49. The number of nitrogens with zero attached hydrogens (tertiary/aromatic N) is 3. The van der Waals surface area contributed by atoms with Gasteiger partial charge in [0.25, 0.3) is 0 Å². The van der Waals surface area contributed by atoms with Crippen molar-refractivity contribution in [2.75, 3.05) is 26.2 Å². The molecule has 2 saturated heterocycles. The highest BCUT2D eigenvalue weighted by atomic mass is 16.5. The highest BCUT2D eigenvalue weighted by molar-refractivity contribution is 6.00. The standard InChI is InChI=1S/C49H54N4O2/c1-4-6-32-53-34-16-14-30-45(53)48(41-28-18-22-37-20-8-10-24-39(37)41)55-49-43-26-12-11-25-42(43)46(35(3)50-51-49)54-47(44-29-13-15-33-52(44)31-5-2)40-27-17-21-36-19-7-9-23-38(36)40/h2,4,7-8,10-12,17-22,24-28,44-45,47-48,50H,1,6,9,13-16,23,29-34H2,3H3/t44-,45-,47+,48+/m0/s1. The average Bonchev–Trinajstić information content (AvgIpc) is 3.36. The van der Waals surface area contributed by atoms with Gasteiger partial charge in [-0.15, -0.1) is 18.1 Å². The van der Waals surface area contributed by atoms with Gasteiger partial charge in [-0.3, -0.25) is 15.2 Å². The fraction of sp³-hybridized carbons (Fsp3) is 0.367. The van der Waals surface area contributed by atoms with E-state index in [4.69, 9.17) is 21.0 Å². The summed E-state index contributed by atoms with van der Waals surface area (Å²) in [6.07, 6.45) is 21.8. The van der Waals surface area contributed by atoms with Crippen LogP contribution in [0.5, 0.6) is 0 Å². The first-order valence-electron chi connectivity index (χ1n) is 20.4. The normalized spacial score (nSPS) is 21.3. The molecule has 0 bridgehead atoms. The summed E-state index contributed by atoms with van der Waals surface area (Å²) in [5.41, 5.74) is 11.3. The topological polar surface area (TPSA) is 49.3 Å². The van der Waals surface area contributed by atoms with Crippen molar-refractivity contribution >= 4 is 28.5 Å². The van der Waals surface area contributed by atoms with Crippen LogP contribution in [0.15, 0.2) is 114 Å². The predicted molar refractivity (Wildman–Crippen MR) is 226 cm³/mol. The minimum absolute atomic E-state index is 0.137. The molecule has 0 radical (unpaired) electrons. The summed E-state index contributed by atoms with van der Waals surface area (Å²) in [4.78, 5) is 5.07. The van der Waals surface area contributed by atoms with Gasteiger partial charge in [0.1, 0.15) is 18.0 Å². The molecule has 4 atom stereocenters. The summed E-state index contributed by atoms with van der Waals surface area (Å²) < 4.78 is 14.9. The lowest BCUT2D eigenvalue weighted by Gasteiger charge is -2.41. The Balaban J connectivity index is 1.19. The van der Waals surface area contributed by atoms with Crippen molar-refractivity contribution in [3.05, 3.63) is 143 Å². The van der Waals surface area contributed by atoms with Crippen molar-refractivity contribution in [1.82, 2.24) is 15.2 Å². The molecule has 6 heteroatoms. The van der Waals surface area contributed by atoms with Crippen LogP contribution in [0.2, 0.25) is 0 Å². The Hall–Kier alpha value is -5.09. The molecule has 3 aliphatic heterocycles. The van der Waals surface area contributed by atoms with Gasteiger partial charge in [0.05, 0.1) is 24.3 Å². The second kappa shape index (κ2) is 17.1. The van der Waals surface area contributed by atoms with E-state index < -0.39 is 0 Å². The van der Waals surface area contributed by atoms with Crippen molar-refractivity contribution in [3.8, 4) is 12.3 Å². The maximum Gasteiger partial charge on any atom is 0.239 e. The Morgan fingerprint density at radius 3 is 2.40 bits per heavy atom. The highest BCUT2D eigenvalue weighted by Crippen LogP contribution is 2.42. The Labute approximate surface area is 327 Å². The number of hydrogen-bond acceptors (Lipinski definition) is 6. The third kappa shape index (κ3) is 7.74. The van der Waals surface area contributed by atoms with E-state index in [2.05, 4.69) is 132 Å². The number of hydrazone groups is 1. The summed E-state index contributed by atoms with van der Waals surface area (Å²) in [6.45, 7) is 9.69. The van der Waals surface area contributed by atoms with E-state index in [9.17, 15) is 0 Å². The van der Waals surface area contributed by atoms with Crippen molar-refractivity contribution in [2.24, 2.45) is 5.10 Å². The zero-order valence-corrected chi connectivity index (χ0v) is 32.3. The van der Waals surface area contributed by atoms with Gasteiger partial charge in [-0.1, -0.05) is 116 Å². The smallest absolute Gasteiger partial charge is 0.239 e. The molecule has 6 nitrogen and oxygen atoms in total. The lowest BCUT2D eigenvalue weighted by atomic mass is 9.85. The molecule has 0 unspecified atom stereocenters. The van der Waals surface area contributed by atoms with Crippen molar-refractivity contribution in [2.45, 2.75) is 89.0 Å². The number of piperidine rings is 2. The highest BCUT2D eigenvalue weighted by Gasteiger charge is 2.38. The molecule has 55 heavy (non-hydrogen) atoms. The number of fused-ring (bicyclic) bond motifs is 3. The Morgan fingerprint density at radius 2 is 1.56 bits per heavy atom. The fourth-order valence-corrected chi connectivity index (χ4v) is 9.34. The van der Waals surface area contributed by atoms with Crippen LogP contribution in [0.25, 0.3) is 22.6 Å². The number of ether oxygens (including phenoxy) is 2. The van der Waals surface area contributed by atoms with Crippen molar-refractivity contribution in [3.63, 3.8) is 0 Å². The number of terminal acetylenes is 1. The number of likely N-dealkylation sites (tertiary alicyclic amines) is 2. The second-order valence-corrected chi connectivity index (χ2v) is 15.4. The SMILES string of the molecule is C#CCN1CCCC[C@H]1[C@H](OC1=C(C)NN=C(O[C@H](c2cccc3ccccc23)[C@@H]2CCCCN2CCC=C)c2ccccc21)c1cccc2c1CCC=C2. The van der Waals surface area contributed by atoms with Gasteiger partial charge in [0, 0.05) is 23.2 Å². The molecule has 0 aromatic heterocycles. The molecule has 4 aromatic carbocycles. The van der Waals surface area contributed by atoms with Crippen LogP contribution in [0.1, 0.15) is 104 Å². The maximum absolute atomic E-state index is 7.49. The quantitative estimate of drug-likeness (QED) is 0.123. The van der Waals surface area contributed by atoms with E-state index in [-0.39, 0.29) is 24.3 Å². The molecule has 3 heterocycles. The van der Waals surface area contributed by atoms with Gasteiger partial charge in [-0.25, -0.2) is 0 Å². The first-order valence-corrected chi connectivity index (χ1v) is 20.4. The van der Waals surface area contributed by atoms with Gasteiger partial charge in [0.2, 0.25) is 5.90 Å². The molecular formula is C49H54N4O2. The molecule has 2 fully saturated rings. The van der Waals surface area contributed by atoms with E-state index in [0.717, 1.165) is 93.6 Å². The van der Waals surface area contributed by atoms with Crippen molar-refractivity contribution < 1.29 is 9.47 Å².